The van der Waals surface area contributed by atoms with Gasteiger partial charge in [0.15, 0.2) is 0 Å². The van der Waals surface area contributed by atoms with Gasteiger partial charge in [-0.3, -0.25) is 14.4 Å². The molecule has 7 heteroatoms. The zero-order valence-corrected chi connectivity index (χ0v) is 17.1. The van der Waals surface area contributed by atoms with Crippen molar-refractivity contribution in [2.75, 3.05) is 18.6 Å². The molecule has 3 amide bonds. The Labute approximate surface area is 165 Å². The Bertz CT molecular complexity index is 653. The monoisotopic (exact) mass is 391 g/mol. The quantitative estimate of drug-likeness (QED) is 0.711. The van der Waals surface area contributed by atoms with Crippen LogP contribution < -0.4 is 10.6 Å². The van der Waals surface area contributed by atoms with Gasteiger partial charge in [0.05, 0.1) is 0 Å². The van der Waals surface area contributed by atoms with Crippen LogP contribution in [-0.4, -0.2) is 53.3 Å². The Kier molecular flexibility index (Phi) is 8.16. The molecule has 1 aliphatic rings. The Morgan fingerprint density at radius 1 is 1.22 bits per heavy atom. The molecule has 0 radical (unpaired) electrons. The van der Waals surface area contributed by atoms with Gasteiger partial charge in [-0.15, -0.1) is 0 Å². The molecule has 0 saturated carbocycles. The van der Waals surface area contributed by atoms with Gasteiger partial charge in [0.2, 0.25) is 17.7 Å². The number of amides is 3. The van der Waals surface area contributed by atoms with E-state index >= 15 is 0 Å². The number of nitrogens with zero attached hydrogens (tertiary/aromatic N) is 1. The van der Waals surface area contributed by atoms with Crippen molar-refractivity contribution < 1.29 is 14.4 Å². The van der Waals surface area contributed by atoms with Gasteiger partial charge in [0, 0.05) is 25.3 Å². The number of carbonyl (C=O) groups excluding carboxylic acids is 3. The standard InChI is InChI=1S/C20H29N3O3S/c1-4-16(13-27-3)22-19(25)17-11-8-12-23(17)20(26)18(21-14(2)24)15-9-6-5-7-10-15/h5-7,9-10,16-18H,4,8,11-13H2,1-3H3,(H,21,24)(H,22,25). The molecule has 0 aliphatic carbocycles. The van der Waals surface area contributed by atoms with Crippen LogP contribution in [-0.2, 0) is 14.4 Å². The van der Waals surface area contributed by atoms with Crippen molar-refractivity contribution in [1.29, 1.82) is 0 Å². The first-order chi connectivity index (χ1) is 13.0. The van der Waals surface area contributed by atoms with E-state index in [4.69, 9.17) is 0 Å². The fraction of sp³-hybridized carbons (Fsp3) is 0.550. The number of nitrogens with one attached hydrogen (secondary N) is 2. The molecule has 1 saturated heterocycles. The van der Waals surface area contributed by atoms with Crippen molar-refractivity contribution in [3.05, 3.63) is 35.9 Å². The molecule has 2 rings (SSSR count). The van der Waals surface area contributed by atoms with Gasteiger partial charge in [-0.1, -0.05) is 37.3 Å². The average Bonchev–Trinajstić information content (AvgIpc) is 3.15. The van der Waals surface area contributed by atoms with E-state index in [1.165, 1.54) is 6.92 Å². The third kappa shape index (κ3) is 5.73. The van der Waals surface area contributed by atoms with Crippen LogP contribution in [0, 0.1) is 0 Å². The summed E-state index contributed by atoms with van der Waals surface area (Å²) in [4.78, 5) is 39.3. The number of rotatable bonds is 8. The number of benzene rings is 1. The Morgan fingerprint density at radius 3 is 2.52 bits per heavy atom. The summed E-state index contributed by atoms with van der Waals surface area (Å²) < 4.78 is 0. The molecule has 27 heavy (non-hydrogen) atoms. The first-order valence-corrected chi connectivity index (χ1v) is 10.8. The van der Waals surface area contributed by atoms with Gasteiger partial charge in [-0.2, -0.15) is 11.8 Å². The van der Waals surface area contributed by atoms with Gasteiger partial charge in [0.1, 0.15) is 12.1 Å². The predicted octanol–water partition coefficient (Wildman–Crippen LogP) is 2.11. The summed E-state index contributed by atoms with van der Waals surface area (Å²) in [6, 6.07) is 8.01. The lowest BCUT2D eigenvalue weighted by Gasteiger charge is -2.29. The largest absolute Gasteiger partial charge is 0.351 e. The fourth-order valence-electron chi connectivity index (χ4n) is 3.37. The molecule has 0 bridgehead atoms. The Morgan fingerprint density at radius 2 is 1.93 bits per heavy atom. The molecule has 1 aromatic carbocycles. The van der Waals surface area contributed by atoms with E-state index in [1.54, 1.807) is 16.7 Å². The fourth-order valence-corrected chi connectivity index (χ4v) is 4.09. The van der Waals surface area contributed by atoms with Crippen molar-refractivity contribution in [3.63, 3.8) is 0 Å². The van der Waals surface area contributed by atoms with Crippen LogP contribution in [0.4, 0.5) is 0 Å². The van der Waals surface area contributed by atoms with E-state index < -0.39 is 12.1 Å². The number of thioether (sulfide) groups is 1. The van der Waals surface area contributed by atoms with E-state index in [2.05, 4.69) is 10.6 Å². The summed E-state index contributed by atoms with van der Waals surface area (Å²) in [5.74, 6) is 0.244. The maximum Gasteiger partial charge on any atom is 0.250 e. The van der Waals surface area contributed by atoms with Crippen molar-refractivity contribution >= 4 is 29.5 Å². The minimum atomic E-state index is -0.773. The number of carbonyl (C=O) groups is 3. The lowest BCUT2D eigenvalue weighted by Crippen LogP contribution is -2.52. The highest BCUT2D eigenvalue weighted by atomic mass is 32.2. The normalized spacial score (nSPS) is 18.6. The molecule has 148 valence electrons. The van der Waals surface area contributed by atoms with Crippen molar-refractivity contribution in [2.24, 2.45) is 0 Å². The summed E-state index contributed by atoms with van der Waals surface area (Å²) in [6.45, 7) is 3.96. The molecule has 1 aromatic rings. The van der Waals surface area contributed by atoms with E-state index in [0.29, 0.717) is 13.0 Å². The second-order valence-corrected chi connectivity index (χ2v) is 7.71. The first kappa shape index (κ1) is 21.3. The van der Waals surface area contributed by atoms with Crippen LogP contribution >= 0.6 is 11.8 Å². The minimum absolute atomic E-state index is 0.101. The molecule has 3 unspecified atom stereocenters. The van der Waals surface area contributed by atoms with Gasteiger partial charge in [-0.05, 0) is 31.1 Å². The average molecular weight is 392 g/mol. The molecule has 1 heterocycles. The van der Waals surface area contributed by atoms with Crippen molar-refractivity contribution in [1.82, 2.24) is 15.5 Å². The van der Waals surface area contributed by atoms with E-state index in [1.807, 2.05) is 43.5 Å². The maximum atomic E-state index is 13.2. The van der Waals surface area contributed by atoms with Gasteiger partial charge in [0.25, 0.3) is 0 Å². The number of likely N-dealkylation sites (tertiary alicyclic amines) is 1. The molecule has 0 aromatic heterocycles. The Hall–Kier alpha value is -2.02. The third-order valence-corrected chi connectivity index (χ3v) is 5.51. The summed E-state index contributed by atoms with van der Waals surface area (Å²) in [6.07, 6.45) is 4.30. The molecule has 0 spiro atoms. The van der Waals surface area contributed by atoms with Crippen LogP contribution in [0.2, 0.25) is 0 Å². The smallest absolute Gasteiger partial charge is 0.250 e. The van der Waals surface area contributed by atoms with Crippen molar-refractivity contribution in [3.8, 4) is 0 Å². The predicted molar refractivity (Wildman–Crippen MR) is 108 cm³/mol. The van der Waals surface area contributed by atoms with Gasteiger partial charge >= 0.3 is 0 Å². The van der Waals surface area contributed by atoms with E-state index in [9.17, 15) is 14.4 Å². The topological polar surface area (TPSA) is 78.5 Å². The second kappa shape index (κ2) is 10.3. The van der Waals surface area contributed by atoms with Crippen molar-refractivity contribution in [2.45, 2.75) is 51.2 Å². The SMILES string of the molecule is CCC(CSC)NC(=O)C1CCCN1C(=O)C(NC(C)=O)c1ccccc1. The summed E-state index contributed by atoms with van der Waals surface area (Å²) in [5.41, 5.74) is 0.720. The summed E-state index contributed by atoms with van der Waals surface area (Å²) in [5, 5.41) is 5.81. The minimum Gasteiger partial charge on any atom is -0.351 e. The Balaban J connectivity index is 2.16. The van der Waals surface area contributed by atoms with Gasteiger partial charge < -0.3 is 15.5 Å². The molecular formula is C20H29N3O3S. The summed E-state index contributed by atoms with van der Waals surface area (Å²) in [7, 11) is 0. The maximum absolute atomic E-state index is 13.2. The highest BCUT2D eigenvalue weighted by Gasteiger charge is 2.38. The van der Waals surface area contributed by atoms with Gasteiger partial charge in [-0.25, -0.2) is 0 Å². The van der Waals surface area contributed by atoms with Crippen LogP contribution in [0.5, 0.6) is 0 Å². The zero-order chi connectivity index (χ0) is 19.8. The molecular weight excluding hydrogens is 362 g/mol. The number of hydrogen-bond acceptors (Lipinski definition) is 4. The highest BCUT2D eigenvalue weighted by molar-refractivity contribution is 7.98. The van der Waals surface area contributed by atoms with Crippen LogP contribution in [0.15, 0.2) is 30.3 Å². The summed E-state index contributed by atoms with van der Waals surface area (Å²) >= 11 is 1.69. The van der Waals surface area contributed by atoms with E-state index in [0.717, 1.165) is 24.2 Å². The number of hydrogen-bond donors (Lipinski definition) is 2. The lowest BCUT2D eigenvalue weighted by molar-refractivity contribution is -0.141. The highest BCUT2D eigenvalue weighted by Crippen LogP contribution is 2.24. The van der Waals surface area contributed by atoms with Crippen LogP contribution in [0.25, 0.3) is 0 Å². The molecule has 1 fully saturated rings. The molecule has 6 nitrogen and oxygen atoms in total. The molecule has 1 aliphatic heterocycles. The van der Waals surface area contributed by atoms with Crippen LogP contribution in [0.3, 0.4) is 0 Å². The first-order valence-electron chi connectivity index (χ1n) is 9.39. The molecule has 2 N–H and O–H groups in total. The van der Waals surface area contributed by atoms with E-state index in [-0.39, 0.29) is 23.8 Å². The van der Waals surface area contributed by atoms with Crippen LogP contribution in [0.1, 0.15) is 44.7 Å². The molecule has 3 atom stereocenters. The zero-order valence-electron chi connectivity index (χ0n) is 16.2. The second-order valence-electron chi connectivity index (χ2n) is 6.80. The lowest BCUT2D eigenvalue weighted by atomic mass is 10.0. The third-order valence-electron chi connectivity index (χ3n) is 4.77.